The fourth-order valence-corrected chi connectivity index (χ4v) is 5.07. The molecule has 38 heavy (non-hydrogen) atoms. The Hall–Kier alpha value is -4.66. The van der Waals surface area contributed by atoms with Gasteiger partial charge in [-0.05, 0) is 73.7 Å². The molecule has 5 aromatic rings. The third-order valence-electron chi connectivity index (χ3n) is 6.75. The number of imidazole rings is 1. The third-order valence-corrected chi connectivity index (χ3v) is 6.75. The second kappa shape index (κ2) is 9.33. The predicted octanol–water partition coefficient (Wildman–Crippen LogP) is 5.04. The zero-order valence-electron chi connectivity index (χ0n) is 21.7. The molecule has 4 heterocycles. The van der Waals surface area contributed by atoms with Gasteiger partial charge in [-0.1, -0.05) is 35.5 Å². The maximum Gasteiger partial charge on any atom is 0.439 e. The van der Waals surface area contributed by atoms with Crippen LogP contribution in [0.4, 0.5) is 0 Å². The number of nitrogens with zero attached hydrogens (tertiary/aromatic N) is 4. The minimum atomic E-state index is -0.592. The van der Waals surface area contributed by atoms with Gasteiger partial charge in [0.1, 0.15) is 17.9 Å². The molecule has 1 N–H and O–H groups in total. The average Bonchev–Trinajstić information content (AvgIpc) is 3.43. The molecule has 0 atom stereocenters. The molecule has 1 aliphatic heterocycles. The van der Waals surface area contributed by atoms with E-state index in [1.807, 2.05) is 62.6 Å². The monoisotopic (exact) mass is 509 g/mol. The molecule has 0 unspecified atom stereocenters. The smallest absolute Gasteiger partial charge is 0.439 e. The fraction of sp³-hybridized carbons (Fsp3) is 0.241. The summed E-state index contributed by atoms with van der Waals surface area (Å²) < 4.78 is 19.0. The Morgan fingerprint density at radius 2 is 1.95 bits per heavy atom. The fourth-order valence-electron chi connectivity index (χ4n) is 5.07. The van der Waals surface area contributed by atoms with Crippen molar-refractivity contribution in [3.63, 3.8) is 0 Å². The van der Waals surface area contributed by atoms with Crippen molar-refractivity contribution in [1.82, 2.24) is 24.7 Å². The summed E-state index contributed by atoms with van der Waals surface area (Å²) in [6, 6.07) is 16.8. The molecule has 0 spiro atoms. The number of hydrogen-bond donors (Lipinski definition) is 1. The number of benzene rings is 2. The number of pyridine rings is 1. The number of aromatic amines is 1. The van der Waals surface area contributed by atoms with Gasteiger partial charge in [-0.25, -0.2) is 9.78 Å². The van der Waals surface area contributed by atoms with Crippen LogP contribution in [-0.2, 0) is 13.2 Å². The summed E-state index contributed by atoms with van der Waals surface area (Å²) in [6.45, 7) is 9.34. The van der Waals surface area contributed by atoms with Gasteiger partial charge >= 0.3 is 5.76 Å². The van der Waals surface area contributed by atoms with Crippen LogP contribution < -0.4 is 15.2 Å². The Kier molecular flexibility index (Phi) is 5.83. The first kappa shape index (κ1) is 23.7. The van der Waals surface area contributed by atoms with Crippen molar-refractivity contribution in [2.75, 3.05) is 6.61 Å². The topological polar surface area (TPSA) is 108 Å². The van der Waals surface area contributed by atoms with E-state index in [1.165, 1.54) is 0 Å². The van der Waals surface area contributed by atoms with E-state index in [1.54, 1.807) is 0 Å². The lowest BCUT2D eigenvalue weighted by atomic mass is 9.89. The van der Waals surface area contributed by atoms with Gasteiger partial charge in [0.25, 0.3) is 6.01 Å². The minimum Gasteiger partial charge on any atom is -0.488 e. The summed E-state index contributed by atoms with van der Waals surface area (Å²) in [5, 5.41) is 3.93. The molecule has 2 aromatic carbocycles. The van der Waals surface area contributed by atoms with Crippen molar-refractivity contribution >= 4 is 22.3 Å². The standard InChI is InChI=1S/C29H27N5O4/c1-5-36-28-31-25-16(2)12-17(3)30-27(25)34(28)14-19-10-11-21-20(13-19)15-37-23-9-7-6-8-22(23)24(21)18(4)26-32-29(35)38-33-26/h6-13H,5,14-15H2,1-4H3,(H,32,33,35). The maximum absolute atomic E-state index is 11.7. The van der Waals surface area contributed by atoms with Crippen molar-refractivity contribution in [2.24, 2.45) is 0 Å². The number of fused-ring (bicyclic) bond motifs is 3. The molecule has 0 saturated heterocycles. The lowest BCUT2D eigenvalue weighted by Crippen LogP contribution is -2.07. The molecule has 3 aromatic heterocycles. The summed E-state index contributed by atoms with van der Waals surface area (Å²) in [5.41, 5.74) is 9.37. The Labute approximate surface area is 218 Å². The van der Waals surface area contributed by atoms with E-state index in [2.05, 4.69) is 28.3 Å². The Morgan fingerprint density at radius 3 is 2.74 bits per heavy atom. The minimum absolute atomic E-state index is 0.389. The Balaban J connectivity index is 1.48. The van der Waals surface area contributed by atoms with Crippen molar-refractivity contribution in [3.05, 3.63) is 98.4 Å². The van der Waals surface area contributed by atoms with Gasteiger partial charge in [0.05, 0.1) is 13.2 Å². The predicted molar refractivity (Wildman–Crippen MR) is 143 cm³/mol. The second-order valence-electron chi connectivity index (χ2n) is 9.39. The third kappa shape index (κ3) is 4.06. The van der Waals surface area contributed by atoms with E-state index >= 15 is 0 Å². The average molecular weight is 510 g/mol. The zero-order chi connectivity index (χ0) is 26.4. The molecule has 0 saturated carbocycles. The highest BCUT2D eigenvalue weighted by atomic mass is 16.5. The first-order valence-electron chi connectivity index (χ1n) is 12.5. The highest BCUT2D eigenvalue weighted by Gasteiger charge is 2.24. The van der Waals surface area contributed by atoms with Crippen LogP contribution >= 0.6 is 0 Å². The molecule has 0 fully saturated rings. The number of para-hydroxylation sites is 1. The van der Waals surface area contributed by atoms with Crippen molar-refractivity contribution in [2.45, 2.75) is 40.8 Å². The van der Waals surface area contributed by atoms with Crippen LogP contribution in [0.5, 0.6) is 11.8 Å². The number of rotatable bonds is 5. The number of aryl methyl sites for hydroxylation is 2. The molecule has 0 bridgehead atoms. The summed E-state index contributed by atoms with van der Waals surface area (Å²) in [7, 11) is 0. The van der Waals surface area contributed by atoms with Gasteiger partial charge in [-0.15, -0.1) is 0 Å². The van der Waals surface area contributed by atoms with Crippen molar-refractivity contribution in [1.29, 1.82) is 0 Å². The second-order valence-corrected chi connectivity index (χ2v) is 9.39. The Morgan fingerprint density at radius 1 is 1.11 bits per heavy atom. The lowest BCUT2D eigenvalue weighted by molar-refractivity contribution is 0.300. The number of hydrogen-bond acceptors (Lipinski definition) is 7. The molecule has 9 nitrogen and oxygen atoms in total. The van der Waals surface area contributed by atoms with E-state index in [-0.39, 0.29) is 0 Å². The molecule has 0 radical (unpaired) electrons. The molecule has 9 heteroatoms. The van der Waals surface area contributed by atoms with E-state index in [9.17, 15) is 4.79 Å². The Bertz CT molecular complexity index is 1780. The van der Waals surface area contributed by atoms with Crippen LogP contribution in [0.25, 0.3) is 22.3 Å². The molecule has 0 amide bonds. The summed E-state index contributed by atoms with van der Waals surface area (Å²) in [6.07, 6.45) is 0. The maximum atomic E-state index is 11.7. The summed E-state index contributed by atoms with van der Waals surface area (Å²) in [5.74, 6) is 0.560. The number of nitrogens with one attached hydrogen (secondary N) is 1. The largest absolute Gasteiger partial charge is 0.488 e. The van der Waals surface area contributed by atoms with Gasteiger partial charge in [-0.3, -0.25) is 14.1 Å². The van der Waals surface area contributed by atoms with E-state index < -0.39 is 5.76 Å². The first-order chi connectivity index (χ1) is 18.4. The van der Waals surface area contributed by atoms with Gasteiger partial charge in [-0.2, -0.15) is 4.98 Å². The highest BCUT2D eigenvalue weighted by Crippen LogP contribution is 2.40. The number of allylic oxidation sites excluding steroid dienone is 1. The summed E-state index contributed by atoms with van der Waals surface area (Å²) >= 11 is 0. The van der Waals surface area contributed by atoms with Gasteiger partial charge in [0.15, 0.2) is 11.5 Å². The number of aromatic nitrogens is 5. The van der Waals surface area contributed by atoms with Crippen LogP contribution in [0.3, 0.4) is 0 Å². The highest BCUT2D eigenvalue weighted by molar-refractivity contribution is 5.99. The van der Waals surface area contributed by atoms with Gasteiger partial charge < -0.3 is 9.47 Å². The van der Waals surface area contributed by atoms with Crippen molar-refractivity contribution in [3.8, 4) is 11.8 Å². The SMILES string of the molecule is CCOc1nc2c(C)cc(C)nc2n1Cc1ccc2c(c1)COc1ccccc1C2=C(C)c1noc(=O)[nH]1. The molecular weight excluding hydrogens is 482 g/mol. The quantitative estimate of drug-likeness (QED) is 0.353. The summed E-state index contributed by atoms with van der Waals surface area (Å²) in [4.78, 5) is 23.9. The number of ether oxygens (including phenoxy) is 2. The zero-order valence-corrected chi connectivity index (χ0v) is 21.7. The molecule has 1 aliphatic rings. The van der Waals surface area contributed by atoms with Crippen LogP contribution in [0, 0.1) is 13.8 Å². The van der Waals surface area contributed by atoms with Crippen LogP contribution in [-0.4, -0.2) is 31.3 Å². The van der Waals surface area contributed by atoms with Gasteiger partial charge in [0.2, 0.25) is 0 Å². The molecule has 6 rings (SSSR count). The van der Waals surface area contributed by atoms with E-state index in [4.69, 9.17) is 24.0 Å². The molecular formula is C29H27N5O4. The van der Waals surface area contributed by atoms with E-state index in [0.29, 0.717) is 31.6 Å². The van der Waals surface area contributed by atoms with Crippen LogP contribution in [0.1, 0.15) is 53.2 Å². The van der Waals surface area contributed by atoms with Gasteiger partial charge in [0, 0.05) is 16.8 Å². The lowest BCUT2D eigenvalue weighted by Gasteiger charge is -2.15. The number of H-pyrrole nitrogens is 1. The van der Waals surface area contributed by atoms with Crippen LogP contribution in [0.2, 0.25) is 0 Å². The van der Waals surface area contributed by atoms with Crippen LogP contribution in [0.15, 0.2) is 57.8 Å². The van der Waals surface area contributed by atoms with Crippen molar-refractivity contribution < 1.29 is 14.0 Å². The first-order valence-corrected chi connectivity index (χ1v) is 12.5. The van der Waals surface area contributed by atoms with E-state index in [0.717, 1.165) is 61.6 Å². The molecule has 0 aliphatic carbocycles. The molecule has 192 valence electrons. The normalized spacial score (nSPS) is 14.0.